The maximum absolute atomic E-state index is 11.9. The van der Waals surface area contributed by atoms with Crippen LogP contribution in [0.3, 0.4) is 0 Å². The number of carbonyl (C=O) groups is 1. The Hall–Kier alpha value is -0.460. The van der Waals surface area contributed by atoms with E-state index in [-0.39, 0.29) is 13.0 Å². The Morgan fingerprint density at radius 1 is 1.27 bits per heavy atom. The summed E-state index contributed by atoms with van der Waals surface area (Å²) in [5, 5.41) is 9.29. The van der Waals surface area contributed by atoms with E-state index in [0.29, 0.717) is 17.4 Å². The van der Waals surface area contributed by atoms with Gasteiger partial charge in [-0.2, -0.15) is 0 Å². The highest BCUT2D eigenvalue weighted by Gasteiger charge is 2.39. The first-order chi connectivity index (χ1) is 9.63. The molecular weight excluding hydrogens is 309 g/mol. The third-order valence-electron chi connectivity index (χ3n) is 3.48. The molecule has 0 heterocycles. The fraction of sp³-hybridized carbons (Fsp3) is 0.929. The van der Waals surface area contributed by atoms with Gasteiger partial charge in [0.2, 0.25) is 0 Å². The van der Waals surface area contributed by atoms with E-state index in [1.54, 1.807) is 27.7 Å². The summed E-state index contributed by atoms with van der Waals surface area (Å²) in [7, 11) is 1.28. The minimum atomic E-state index is -4.48. The molecule has 0 radical (unpaired) electrons. The molecule has 0 bridgehead atoms. The first-order valence-electron chi connectivity index (χ1n) is 7.33. The van der Waals surface area contributed by atoms with Gasteiger partial charge >= 0.3 is 5.97 Å². The molecule has 0 saturated carbocycles. The van der Waals surface area contributed by atoms with E-state index < -0.39 is 24.8 Å². The van der Waals surface area contributed by atoms with E-state index in [2.05, 4.69) is 0 Å². The molecule has 2 atom stereocenters. The van der Waals surface area contributed by atoms with E-state index in [0.717, 1.165) is 0 Å². The van der Waals surface area contributed by atoms with Crippen LogP contribution in [0.5, 0.6) is 0 Å². The smallest absolute Gasteiger partial charge is 0.309 e. The molecule has 8 heteroatoms. The predicted octanol–water partition coefficient (Wildman–Crippen LogP) is 1.86. The van der Waals surface area contributed by atoms with Crippen molar-refractivity contribution in [3.05, 3.63) is 0 Å². The third-order valence-corrected chi connectivity index (χ3v) is 4.70. The molecule has 2 unspecified atom stereocenters. The standard InChI is InChI=1S/C14H30NO6P/c1-8-14(4,12(16)17)11-13(2,3)21-22(18,19)20-10-9-15(5,6)7/h8-11H2,1-7H3,(H-,16,17,18,19). The van der Waals surface area contributed by atoms with E-state index in [1.165, 1.54) is 0 Å². The number of quaternary nitrogens is 1. The van der Waals surface area contributed by atoms with Crippen LogP contribution in [0.2, 0.25) is 0 Å². The van der Waals surface area contributed by atoms with Gasteiger partial charge in [0.05, 0.1) is 32.2 Å². The molecule has 0 spiro atoms. The van der Waals surface area contributed by atoms with Crippen LogP contribution in [0.1, 0.15) is 40.5 Å². The lowest BCUT2D eigenvalue weighted by Crippen LogP contribution is -2.39. The highest BCUT2D eigenvalue weighted by atomic mass is 31.2. The van der Waals surface area contributed by atoms with Crippen molar-refractivity contribution >= 4 is 13.8 Å². The lowest BCUT2D eigenvalue weighted by Gasteiger charge is -2.38. The fourth-order valence-electron chi connectivity index (χ4n) is 2.08. The summed E-state index contributed by atoms with van der Waals surface area (Å²) in [6.07, 6.45) is 0.442. The van der Waals surface area contributed by atoms with Crippen LogP contribution >= 0.6 is 7.82 Å². The average molecular weight is 339 g/mol. The molecule has 0 fully saturated rings. The molecule has 0 aliphatic carbocycles. The van der Waals surface area contributed by atoms with Crippen molar-refractivity contribution in [1.29, 1.82) is 0 Å². The number of phosphoric ester groups is 1. The maximum Gasteiger partial charge on any atom is 0.309 e. The number of hydrogen-bond acceptors (Lipinski definition) is 5. The second kappa shape index (κ2) is 7.41. The van der Waals surface area contributed by atoms with Crippen molar-refractivity contribution < 1.29 is 32.9 Å². The van der Waals surface area contributed by atoms with E-state index in [1.807, 2.05) is 21.1 Å². The number of nitrogens with zero attached hydrogens (tertiary/aromatic N) is 1. The van der Waals surface area contributed by atoms with E-state index in [9.17, 15) is 19.4 Å². The quantitative estimate of drug-likeness (QED) is 0.482. The monoisotopic (exact) mass is 339 g/mol. The number of phosphoric acid groups is 1. The number of rotatable bonds is 10. The topological polar surface area (TPSA) is 95.9 Å². The Morgan fingerprint density at radius 2 is 1.77 bits per heavy atom. The van der Waals surface area contributed by atoms with Gasteiger partial charge < -0.3 is 23.5 Å². The SMILES string of the molecule is CCC(C)(CC(C)(C)OP(=O)([O-])OCC[N+](C)(C)C)C(=O)O. The molecule has 132 valence electrons. The van der Waals surface area contributed by atoms with Gasteiger partial charge in [0.15, 0.2) is 0 Å². The Bertz CT molecular complexity index is 432. The normalized spacial score (nSPS) is 18.5. The zero-order valence-electron chi connectivity index (χ0n) is 14.7. The average Bonchev–Trinajstić information content (AvgIpc) is 2.23. The van der Waals surface area contributed by atoms with Crippen LogP contribution < -0.4 is 4.89 Å². The molecule has 0 amide bonds. The van der Waals surface area contributed by atoms with E-state index >= 15 is 0 Å². The molecule has 1 N–H and O–H groups in total. The molecular formula is C14H30NO6P. The summed E-state index contributed by atoms with van der Waals surface area (Å²) in [6, 6.07) is 0. The van der Waals surface area contributed by atoms with Gasteiger partial charge in [0.1, 0.15) is 13.2 Å². The molecule has 0 saturated heterocycles. The second-order valence-corrected chi connectivity index (χ2v) is 8.88. The Labute approximate surface area is 133 Å². The van der Waals surface area contributed by atoms with Gasteiger partial charge in [-0.3, -0.25) is 9.36 Å². The fourth-order valence-corrected chi connectivity index (χ4v) is 3.11. The number of carboxylic acids is 1. The van der Waals surface area contributed by atoms with Gasteiger partial charge in [0, 0.05) is 0 Å². The van der Waals surface area contributed by atoms with Crippen molar-refractivity contribution in [1.82, 2.24) is 0 Å². The number of aliphatic carboxylic acids is 1. The predicted molar refractivity (Wildman–Crippen MR) is 82.3 cm³/mol. The van der Waals surface area contributed by atoms with Crippen molar-refractivity contribution in [3.63, 3.8) is 0 Å². The van der Waals surface area contributed by atoms with Crippen LogP contribution in [0.25, 0.3) is 0 Å². The van der Waals surface area contributed by atoms with Crippen LogP contribution in [0.4, 0.5) is 0 Å². The summed E-state index contributed by atoms with van der Waals surface area (Å²) in [6.45, 7) is 6.96. The molecule has 22 heavy (non-hydrogen) atoms. The van der Waals surface area contributed by atoms with Gasteiger partial charge in [-0.1, -0.05) is 6.92 Å². The minimum absolute atomic E-state index is 0.0182. The Balaban J connectivity index is 4.74. The van der Waals surface area contributed by atoms with Crippen LogP contribution in [0.15, 0.2) is 0 Å². The van der Waals surface area contributed by atoms with Crippen molar-refractivity contribution in [2.75, 3.05) is 34.3 Å². The molecule has 0 aromatic rings. The highest BCUT2D eigenvalue weighted by molar-refractivity contribution is 7.45. The summed E-state index contributed by atoms with van der Waals surface area (Å²) < 4.78 is 22.4. The second-order valence-electron chi connectivity index (χ2n) is 7.54. The number of likely N-dealkylation sites (N-methyl/N-ethyl adjacent to an activating group) is 1. The van der Waals surface area contributed by atoms with Gasteiger partial charge in [-0.15, -0.1) is 0 Å². The molecule has 0 aromatic heterocycles. The Kier molecular flexibility index (Phi) is 7.25. The van der Waals surface area contributed by atoms with Crippen molar-refractivity contribution in [2.45, 2.75) is 46.1 Å². The zero-order valence-corrected chi connectivity index (χ0v) is 15.6. The summed E-state index contributed by atoms with van der Waals surface area (Å²) in [4.78, 5) is 23.2. The summed E-state index contributed by atoms with van der Waals surface area (Å²) in [5.74, 6) is -0.974. The summed E-state index contributed by atoms with van der Waals surface area (Å²) in [5.41, 5.74) is -2.21. The van der Waals surface area contributed by atoms with Gasteiger partial charge in [-0.25, -0.2) is 0 Å². The first-order valence-corrected chi connectivity index (χ1v) is 8.79. The lowest BCUT2D eigenvalue weighted by molar-refractivity contribution is -0.870. The summed E-state index contributed by atoms with van der Waals surface area (Å²) >= 11 is 0. The zero-order chi connectivity index (χ0) is 17.8. The Morgan fingerprint density at radius 3 is 2.14 bits per heavy atom. The molecule has 0 aliphatic rings. The van der Waals surface area contributed by atoms with Gasteiger partial charge in [-0.05, 0) is 33.6 Å². The number of carboxylic acid groups (broad SMARTS) is 1. The van der Waals surface area contributed by atoms with Crippen molar-refractivity contribution in [3.8, 4) is 0 Å². The van der Waals surface area contributed by atoms with Crippen molar-refractivity contribution in [2.24, 2.45) is 5.41 Å². The number of hydrogen-bond donors (Lipinski definition) is 1. The highest BCUT2D eigenvalue weighted by Crippen LogP contribution is 2.46. The van der Waals surface area contributed by atoms with Crippen LogP contribution in [-0.2, 0) is 18.4 Å². The van der Waals surface area contributed by atoms with E-state index in [4.69, 9.17) is 9.05 Å². The largest absolute Gasteiger partial charge is 0.756 e. The maximum atomic E-state index is 11.9. The van der Waals surface area contributed by atoms with Crippen LogP contribution in [-0.4, -0.2) is 55.5 Å². The molecule has 0 aromatic carbocycles. The third kappa shape index (κ3) is 8.25. The molecule has 0 aliphatic heterocycles. The lowest BCUT2D eigenvalue weighted by atomic mass is 9.78. The minimum Gasteiger partial charge on any atom is -0.756 e. The molecule has 7 nitrogen and oxygen atoms in total. The molecule has 0 rings (SSSR count). The van der Waals surface area contributed by atoms with Gasteiger partial charge in [0.25, 0.3) is 7.82 Å². The first kappa shape index (κ1) is 21.5. The van der Waals surface area contributed by atoms with Crippen LogP contribution in [0, 0.1) is 5.41 Å².